The quantitative estimate of drug-likeness (QED) is 0.586. The summed E-state index contributed by atoms with van der Waals surface area (Å²) >= 11 is 0. The summed E-state index contributed by atoms with van der Waals surface area (Å²) in [4.78, 5) is 4.68. The van der Waals surface area contributed by atoms with E-state index < -0.39 is 0 Å². The van der Waals surface area contributed by atoms with Gasteiger partial charge in [0.15, 0.2) is 29.0 Å². The van der Waals surface area contributed by atoms with E-state index in [0.29, 0.717) is 37.2 Å². The van der Waals surface area contributed by atoms with Crippen molar-refractivity contribution in [3.8, 4) is 23.0 Å². The molecule has 2 aromatic rings. The molecule has 2 aromatic carbocycles. The van der Waals surface area contributed by atoms with Crippen molar-refractivity contribution in [1.82, 2.24) is 5.32 Å². The topological polar surface area (TPSA) is 73.3 Å². The number of ether oxygens (including phenoxy) is 4. The number of guanidine groups is 1. The molecule has 3 rings (SSSR count). The number of aliphatic imine (C=N–C) groups is 1. The minimum absolute atomic E-state index is 0.445. The highest BCUT2D eigenvalue weighted by atomic mass is 16.5. The zero-order valence-corrected chi connectivity index (χ0v) is 16.6. The summed E-state index contributed by atoms with van der Waals surface area (Å²) in [7, 11) is 3.26. The van der Waals surface area contributed by atoms with Crippen LogP contribution in [0.1, 0.15) is 18.9 Å². The maximum absolute atomic E-state index is 5.76. The van der Waals surface area contributed by atoms with Crippen LogP contribution in [0.5, 0.6) is 23.0 Å². The molecule has 0 spiro atoms. The monoisotopic (exact) mass is 385 g/mol. The van der Waals surface area contributed by atoms with Gasteiger partial charge in [-0.25, -0.2) is 4.99 Å². The van der Waals surface area contributed by atoms with Crippen molar-refractivity contribution in [3.05, 3.63) is 42.0 Å². The van der Waals surface area contributed by atoms with Crippen molar-refractivity contribution in [2.75, 3.05) is 39.3 Å². The second kappa shape index (κ2) is 9.73. The van der Waals surface area contributed by atoms with Crippen LogP contribution in [-0.4, -0.2) is 39.9 Å². The van der Waals surface area contributed by atoms with E-state index in [9.17, 15) is 0 Å². The Morgan fingerprint density at radius 1 is 1.07 bits per heavy atom. The highest BCUT2D eigenvalue weighted by Crippen LogP contribution is 2.33. The van der Waals surface area contributed by atoms with Gasteiger partial charge in [0.2, 0.25) is 0 Å². The van der Waals surface area contributed by atoms with Gasteiger partial charge < -0.3 is 29.6 Å². The molecule has 0 fully saturated rings. The molecule has 7 heteroatoms. The number of methoxy groups -OCH3 is 2. The zero-order chi connectivity index (χ0) is 19.8. The first kappa shape index (κ1) is 19.7. The van der Waals surface area contributed by atoms with Gasteiger partial charge in [-0.1, -0.05) is 12.1 Å². The Hall–Kier alpha value is -3.09. The van der Waals surface area contributed by atoms with E-state index in [4.69, 9.17) is 18.9 Å². The van der Waals surface area contributed by atoms with Gasteiger partial charge >= 0.3 is 0 Å². The fourth-order valence-electron chi connectivity index (χ4n) is 2.93. The lowest BCUT2D eigenvalue weighted by atomic mass is 10.2. The Labute approximate surface area is 165 Å². The summed E-state index contributed by atoms with van der Waals surface area (Å²) in [5.74, 6) is 3.57. The largest absolute Gasteiger partial charge is 0.493 e. The minimum Gasteiger partial charge on any atom is -0.493 e. The van der Waals surface area contributed by atoms with Crippen molar-refractivity contribution in [2.24, 2.45) is 4.99 Å². The van der Waals surface area contributed by atoms with Gasteiger partial charge in [0.05, 0.1) is 34.0 Å². The Morgan fingerprint density at radius 2 is 1.89 bits per heavy atom. The number of hydrogen-bond donors (Lipinski definition) is 2. The SMILES string of the molecule is CCNC(=NCc1cccc(OC)c1OC)Nc1ccc2c(c1)OCCCO2. The number of nitrogens with zero attached hydrogens (tertiary/aromatic N) is 1. The summed E-state index contributed by atoms with van der Waals surface area (Å²) in [6.45, 7) is 4.54. The predicted molar refractivity (Wildman–Crippen MR) is 110 cm³/mol. The molecule has 0 saturated heterocycles. The van der Waals surface area contributed by atoms with Crippen molar-refractivity contribution in [1.29, 1.82) is 0 Å². The molecule has 28 heavy (non-hydrogen) atoms. The number of para-hydroxylation sites is 1. The average Bonchev–Trinajstić information content (AvgIpc) is 2.96. The molecule has 0 aliphatic carbocycles. The highest BCUT2D eigenvalue weighted by molar-refractivity contribution is 5.94. The second-order valence-electron chi connectivity index (χ2n) is 6.18. The summed E-state index contributed by atoms with van der Waals surface area (Å²) < 4.78 is 22.3. The molecule has 0 unspecified atom stereocenters. The summed E-state index contributed by atoms with van der Waals surface area (Å²) in [6, 6.07) is 11.6. The van der Waals surface area contributed by atoms with Gasteiger partial charge in [-0.3, -0.25) is 0 Å². The summed E-state index contributed by atoms with van der Waals surface area (Å²) in [6.07, 6.45) is 0.879. The van der Waals surface area contributed by atoms with Crippen LogP contribution in [0, 0.1) is 0 Å². The Bertz CT molecular complexity index is 823. The molecule has 0 aromatic heterocycles. The molecule has 0 radical (unpaired) electrons. The number of fused-ring (bicyclic) bond motifs is 1. The van der Waals surface area contributed by atoms with E-state index in [1.165, 1.54) is 0 Å². The van der Waals surface area contributed by atoms with Crippen LogP contribution in [0.3, 0.4) is 0 Å². The molecule has 1 heterocycles. The van der Waals surface area contributed by atoms with Gasteiger partial charge in [-0.2, -0.15) is 0 Å². The molecule has 0 amide bonds. The van der Waals surface area contributed by atoms with E-state index in [1.807, 2.05) is 43.3 Å². The number of rotatable bonds is 6. The normalized spacial score (nSPS) is 13.5. The van der Waals surface area contributed by atoms with Gasteiger partial charge in [0.25, 0.3) is 0 Å². The maximum Gasteiger partial charge on any atom is 0.196 e. The molecular weight excluding hydrogens is 358 g/mol. The molecule has 2 N–H and O–H groups in total. The van der Waals surface area contributed by atoms with Crippen LogP contribution in [0.2, 0.25) is 0 Å². The number of anilines is 1. The van der Waals surface area contributed by atoms with E-state index in [2.05, 4.69) is 15.6 Å². The highest BCUT2D eigenvalue weighted by Gasteiger charge is 2.12. The van der Waals surface area contributed by atoms with Crippen LogP contribution in [-0.2, 0) is 6.54 Å². The van der Waals surface area contributed by atoms with Gasteiger partial charge in [-0.05, 0) is 25.1 Å². The lowest BCUT2D eigenvalue weighted by molar-refractivity contribution is 0.297. The van der Waals surface area contributed by atoms with E-state index in [-0.39, 0.29) is 0 Å². The third-order valence-electron chi connectivity index (χ3n) is 4.25. The smallest absolute Gasteiger partial charge is 0.196 e. The first-order chi connectivity index (χ1) is 13.7. The van der Waals surface area contributed by atoms with E-state index >= 15 is 0 Å². The van der Waals surface area contributed by atoms with Crippen molar-refractivity contribution in [3.63, 3.8) is 0 Å². The molecule has 0 bridgehead atoms. The molecule has 0 saturated carbocycles. The van der Waals surface area contributed by atoms with Crippen LogP contribution < -0.4 is 29.6 Å². The van der Waals surface area contributed by atoms with Crippen LogP contribution >= 0.6 is 0 Å². The Morgan fingerprint density at radius 3 is 2.64 bits per heavy atom. The van der Waals surface area contributed by atoms with Crippen molar-refractivity contribution in [2.45, 2.75) is 19.9 Å². The third kappa shape index (κ3) is 4.79. The minimum atomic E-state index is 0.445. The molecule has 7 nitrogen and oxygen atoms in total. The van der Waals surface area contributed by atoms with Crippen molar-refractivity contribution >= 4 is 11.6 Å². The summed E-state index contributed by atoms with van der Waals surface area (Å²) in [5.41, 5.74) is 1.82. The lowest BCUT2D eigenvalue weighted by Gasteiger charge is -2.15. The van der Waals surface area contributed by atoms with Crippen LogP contribution in [0.25, 0.3) is 0 Å². The van der Waals surface area contributed by atoms with Gasteiger partial charge in [0.1, 0.15) is 0 Å². The fourth-order valence-corrected chi connectivity index (χ4v) is 2.93. The Kier molecular flexibility index (Phi) is 6.84. The average molecular weight is 385 g/mol. The van der Waals surface area contributed by atoms with Crippen LogP contribution in [0.15, 0.2) is 41.4 Å². The standard InChI is InChI=1S/C21H27N3O4/c1-4-22-21(23-14-15-7-5-8-18(25-2)20(15)26-3)24-16-9-10-17-19(13-16)28-12-6-11-27-17/h5,7-10,13H,4,6,11-12,14H2,1-3H3,(H2,22,23,24). The predicted octanol–water partition coefficient (Wildman–Crippen LogP) is 3.44. The first-order valence-corrected chi connectivity index (χ1v) is 9.40. The molecular formula is C21H27N3O4. The Balaban J connectivity index is 1.78. The number of benzene rings is 2. The maximum atomic E-state index is 5.76. The van der Waals surface area contributed by atoms with Gasteiger partial charge in [-0.15, -0.1) is 0 Å². The molecule has 150 valence electrons. The van der Waals surface area contributed by atoms with Crippen molar-refractivity contribution < 1.29 is 18.9 Å². The first-order valence-electron chi connectivity index (χ1n) is 9.40. The third-order valence-corrected chi connectivity index (χ3v) is 4.25. The molecule has 1 aliphatic heterocycles. The van der Waals surface area contributed by atoms with E-state index in [0.717, 1.165) is 35.7 Å². The second-order valence-corrected chi connectivity index (χ2v) is 6.18. The van der Waals surface area contributed by atoms with Gasteiger partial charge in [0, 0.05) is 30.3 Å². The zero-order valence-electron chi connectivity index (χ0n) is 16.6. The molecule has 0 atom stereocenters. The fraction of sp³-hybridized carbons (Fsp3) is 0.381. The van der Waals surface area contributed by atoms with Crippen LogP contribution in [0.4, 0.5) is 5.69 Å². The number of nitrogens with one attached hydrogen (secondary N) is 2. The lowest BCUT2D eigenvalue weighted by Crippen LogP contribution is -2.30. The summed E-state index contributed by atoms with van der Waals surface area (Å²) in [5, 5.41) is 6.57. The number of hydrogen-bond acceptors (Lipinski definition) is 5. The molecule has 1 aliphatic rings. The van der Waals surface area contributed by atoms with E-state index in [1.54, 1.807) is 14.2 Å².